The molecule has 0 radical (unpaired) electrons. The van der Waals surface area contributed by atoms with Crippen LogP contribution in [0.15, 0.2) is 18.3 Å². The highest BCUT2D eigenvalue weighted by Crippen LogP contribution is 2.12. The lowest BCUT2D eigenvalue weighted by Crippen LogP contribution is -2.08. The van der Waals surface area contributed by atoms with Crippen LogP contribution in [0.4, 0.5) is 0 Å². The highest BCUT2D eigenvalue weighted by atomic mass is 16.5. The van der Waals surface area contributed by atoms with Gasteiger partial charge in [0.25, 0.3) is 0 Å². The van der Waals surface area contributed by atoms with Gasteiger partial charge < -0.3 is 9.84 Å². The molecule has 1 aromatic heterocycles. The molecule has 14 heavy (non-hydrogen) atoms. The van der Waals surface area contributed by atoms with Crippen LogP contribution in [-0.4, -0.2) is 22.3 Å². The van der Waals surface area contributed by atoms with Gasteiger partial charge in [-0.15, -0.1) is 0 Å². The van der Waals surface area contributed by atoms with E-state index in [1.54, 1.807) is 13.1 Å². The minimum atomic E-state index is -0.329. The maximum absolute atomic E-state index is 9.22. The molecule has 3 nitrogen and oxygen atoms in total. The Labute approximate surface area is 84.7 Å². The van der Waals surface area contributed by atoms with Crippen molar-refractivity contribution < 1.29 is 9.84 Å². The molecule has 1 N–H and O–H groups in total. The van der Waals surface area contributed by atoms with Crippen molar-refractivity contribution in [2.75, 3.05) is 0 Å². The first kappa shape index (κ1) is 11.0. The van der Waals surface area contributed by atoms with Crippen LogP contribution in [0.25, 0.3) is 0 Å². The van der Waals surface area contributed by atoms with Gasteiger partial charge >= 0.3 is 0 Å². The third kappa shape index (κ3) is 3.75. The number of ether oxygens (including phenoxy) is 1. The molecule has 0 saturated heterocycles. The second-order valence-electron chi connectivity index (χ2n) is 3.72. The molecule has 0 fully saturated rings. The molecule has 3 heteroatoms. The summed E-state index contributed by atoms with van der Waals surface area (Å²) in [4.78, 5) is 4.08. The fraction of sp³-hybridized carbons (Fsp3) is 0.545. The van der Waals surface area contributed by atoms with Crippen LogP contribution in [0.2, 0.25) is 0 Å². The largest absolute Gasteiger partial charge is 0.475 e. The molecule has 1 rings (SSSR count). The monoisotopic (exact) mass is 195 g/mol. The highest BCUT2D eigenvalue weighted by Gasteiger charge is 2.03. The van der Waals surface area contributed by atoms with E-state index in [4.69, 9.17) is 4.74 Å². The highest BCUT2D eigenvalue weighted by molar-refractivity contribution is 5.21. The van der Waals surface area contributed by atoms with Gasteiger partial charge in [-0.3, -0.25) is 0 Å². The minimum absolute atomic E-state index is 0.129. The van der Waals surface area contributed by atoms with Crippen LogP contribution in [0, 0.1) is 0 Å². The smallest absolute Gasteiger partial charge is 0.213 e. The number of pyridine rings is 1. The van der Waals surface area contributed by atoms with Gasteiger partial charge in [0.2, 0.25) is 5.88 Å². The zero-order valence-electron chi connectivity index (χ0n) is 8.90. The Balaban J connectivity index is 2.68. The number of aromatic nitrogens is 1. The molecule has 0 aliphatic rings. The lowest BCUT2D eigenvalue weighted by molar-refractivity contribution is 0.195. The summed E-state index contributed by atoms with van der Waals surface area (Å²) in [7, 11) is 0. The second kappa shape index (κ2) is 4.96. The van der Waals surface area contributed by atoms with Crippen molar-refractivity contribution in [2.45, 2.75) is 39.4 Å². The summed E-state index contributed by atoms with van der Waals surface area (Å²) in [5.41, 5.74) is 1.05. The third-order valence-electron chi connectivity index (χ3n) is 1.69. The molecule has 1 unspecified atom stereocenters. The average molecular weight is 195 g/mol. The Bertz CT molecular complexity index is 259. The summed E-state index contributed by atoms with van der Waals surface area (Å²) in [6.45, 7) is 5.69. The van der Waals surface area contributed by atoms with Gasteiger partial charge in [-0.1, -0.05) is 0 Å². The summed E-state index contributed by atoms with van der Waals surface area (Å²) in [6, 6.07) is 3.76. The molecule has 0 aromatic carbocycles. The van der Waals surface area contributed by atoms with Crippen LogP contribution < -0.4 is 4.74 Å². The van der Waals surface area contributed by atoms with Gasteiger partial charge in [0, 0.05) is 12.3 Å². The van der Waals surface area contributed by atoms with Crippen molar-refractivity contribution in [1.82, 2.24) is 4.98 Å². The molecule has 1 atom stereocenters. The predicted octanol–water partition coefficient (Wildman–Crippen LogP) is 1.79. The van der Waals surface area contributed by atoms with E-state index in [0.717, 1.165) is 5.56 Å². The molecule has 0 bridgehead atoms. The maximum Gasteiger partial charge on any atom is 0.213 e. The van der Waals surface area contributed by atoms with Crippen LogP contribution in [0.3, 0.4) is 0 Å². The zero-order chi connectivity index (χ0) is 10.6. The molecule has 0 aliphatic carbocycles. The predicted molar refractivity (Wildman–Crippen MR) is 55.4 cm³/mol. The lowest BCUT2D eigenvalue weighted by Gasteiger charge is -2.10. The van der Waals surface area contributed by atoms with Crippen molar-refractivity contribution in [2.24, 2.45) is 0 Å². The topological polar surface area (TPSA) is 42.4 Å². The summed E-state index contributed by atoms with van der Waals surface area (Å²) in [5.74, 6) is 0.623. The third-order valence-corrected chi connectivity index (χ3v) is 1.69. The van der Waals surface area contributed by atoms with E-state index in [0.29, 0.717) is 12.3 Å². The first-order valence-corrected chi connectivity index (χ1v) is 4.87. The molecule has 0 saturated carbocycles. The standard InChI is InChI=1S/C11H17NO2/c1-8(2)14-11-7-10(4-5-12-11)6-9(3)13/h4-5,7-9,13H,6H2,1-3H3. The van der Waals surface area contributed by atoms with E-state index in [2.05, 4.69) is 4.98 Å². The van der Waals surface area contributed by atoms with E-state index in [1.165, 1.54) is 0 Å². The maximum atomic E-state index is 9.22. The summed E-state index contributed by atoms with van der Waals surface area (Å²) in [5, 5.41) is 9.22. The van der Waals surface area contributed by atoms with Gasteiger partial charge in [0.05, 0.1) is 12.2 Å². The number of rotatable bonds is 4. The van der Waals surface area contributed by atoms with Crippen molar-refractivity contribution in [1.29, 1.82) is 0 Å². The Hall–Kier alpha value is -1.09. The molecular weight excluding hydrogens is 178 g/mol. The summed E-state index contributed by atoms with van der Waals surface area (Å²) < 4.78 is 5.44. The Morgan fingerprint density at radius 3 is 2.71 bits per heavy atom. The van der Waals surface area contributed by atoms with Gasteiger partial charge in [-0.25, -0.2) is 4.98 Å². The summed E-state index contributed by atoms with van der Waals surface area (Å²) >= 11 is 0. The van der Waals surface area contributed by atoms with Gasteiger partial charge in [0.1, 0.15) is 0 Å². The second-order valence-corrected chi connectivity index (χ2v) is 3.72. The normalized spacial score (nSPS) is 12.9. The van der Waals surface area contributed by atoms with Crippen LogP contribution in [-0.2, 0) is 6.42 Å². The Morgan fingerprint density at radius 2 is 2.14 bits per heavy atom. The average Bonchev–Trinajstić information content (AvgIpc) is 2.01. The van der Waals surface area contributed by atoms with E-state index in [9.17, 15) is 5.11 Å². The van der Waals surface area contributed by atoms with Gasteiger partial charge in [-0.2, -0.15) is 0 Å². The van der Waals surface area contributed by atoms with Crippen LogP contribution in [0.1, 0.15) is 26.3 Å². The van der Waals surface area contributed by atoms with Crippen molar-refractivity contribution in [3.8, 4) is 5.88 Å². The van der Waals surface area contributed by atoms with Crippen LogP contribution in [0.5, 0.6) is 5.88 Å². The van der Waals surface area contributed by atoms with E-state index in [-0.39, 0.29) is 12.2 Å². The molecule has 1 heterocycles. The molecule has 0 aliphatic heterocycles. The molecule has 1 aromatic rings. The number of hydrogen-bond donors (Lipinski definition) is 1. The number of aliphatic hydroxyl groups excluding tert-OH is 1. The SMILES string of the molecule is CC(O)Cc1ccnc(OC(C)C)c1. The van der Waals surface area contributed by atoms with Crippen LogP contribution >= 0.6 is 0 Å². The number of aliphatic hydroxyl groups is 1. The molecule has 0 amide bonds. The number of nitrogens with zero attached hydrogens (tertiary/aromatic N) is 1. The molecular formula is C11H17NO2. The fourth-order valence-corrected chi connectivity index (χ4v) is 1.22. The van der Waals surface area contributed by atoms with Gasteiger partial charge in [-0.05, 0) is 38.8 Å². The summed E-state index contributed by atoms with van der Waals surface area (Å²) in [6.07, 6.45) is 2.14. The first-order chi connectivity index (χ1) is 6.58. The van der Waals surface area contributed by atoms with E-state index in [1.807, 2.05) is 26.0 Å². The molecule has 0 spiro atoms. The van der Waals surface area contributed by atoms with Crippen molar-refractivity contribution in [3.63, 3.8) is 0 Å². The van der Waals surface area contributed by atoms with E-state index < -0.39 is 0 Å². The van der Waals surface area contributed by atoms with E-state index >= 15 is 0 Å². The Kier molecular flexibility index (Phi) is 3.89. The first-order valence-electron chi connectivity index (χ1n) is 4.87. The lowest BCUT2D eigenvalue weighted by atomic mass is 10.1. The Morgan fingerprint density at radius 1 is 1.43 bits per heavy atom. The fourth-order valence-electron chi connectivity index (χ4n) is 1.22. The number of hydrogen-bond acceptors (Lipinski definition) is 3. The quantitative estimate of drug-likeness (QED) is 0.796. The van der Waals surface area contributed by atoms with Crippen molar-refractivity contribution >= 4 is 0 Å². The molecule has 78 valence electrons. The van der Waals surface area contributed by atoms with Gasteiger partial charge in [0.15, 0.2) is 0 Å². The minimum Gasteiger partial charge on any atom is -0.475 e. The van der Waals surface area contributed by atoms with Crippen molar-refractivity contribution in [3.05, 3.63) is 23.9 Å². The zero-order valence-corrected chi connectivity index (χ0v) is 8.90.